The second-order valence-corrected chi connectivity index (χ2v) is 7.73. The van der Waals surface area contributed by atoms with Crippen LogP contribution in [0.4, 0.5) is 5.69 Å². The van der Waals surface area contributed by atoms with E-state index in [0.29, 0.717) is 11.3 Å². The van der Waals surface area contributed by atoms with Gasteiger partial charge in [0.05, 0.1) is 6.42 Å². The van der Waals surface area contributed by atoms with Crippen LogP contribution < -0.4 is 10.7 Å². The van der Waals surface area contributed by atoms with Gasteiger partial charge in [-0.15, -0.1) is 0 Å². The van der Waals surface area contributed by atoms with Gasteiger partial charge in [0.1, 0.15) is 0 Å². The van der Waals surface area contributed by atoms with Crippen molar-refractivity contribution in [2.24, 2.45) is 5.10 Å². The summed E-state index contributed by atoms with van der Waals surface area (Å²) in [7, 11) is 0. The molecular weight excluding hydrogens is 374 g/mol. The maximum absolute atomic E-state index is 12.5. The summed E-state index contributed by atoms with van der Waals surface area (Å²) in [5.41, 5.74) is 7.10. The van der Waals surface area contributed by atoms with Gasteiger partial charge in [0.2, 0.25) is 5.91 Å². The summed E-state index contributed by atoms with van der Waals surface area (Å²) in [6.45, 7) is 1.74. The van der Waals surface area contributed by atoms with Crippen molar-refractivity contribution in [1.82, 2.24) is 5.43 Å². The van der Waals surface area contributed by atoms with E-state index in [0.717, 1.165) is 35.7 Å². The van der Waals surface area contributed by atoms with Crippen molar-refractivity contribution in [3.63, 3.8) is 0 Å². The number of rotatable bonds is 5. The van der Waals surface area contributed by atoms with Crippen molar-refractivity contribution in [2.75, 3.05) is 5.32 Å². The third-order valence-corrected chi connectivity index (χ3v) is 5.45. The zero-order valence-electron chi connectivity index (χ0n) is 17.1. The minimum absolute atomic E-state index is 0.127. The first kappa shape index (κ1) is 19.8. The Bertz CT molecular complexity index is 1130. The molecule has 5 nitrogen and oxygen atoms in total. The number of carbonyl (C=O) groups is 2. The molecule has 1 aliphatic carbocycles. The summed E-state index contributed by atoms with van der Waals surface area (Å²) in [5.74, 6) is -0.423. The van der Waals surface area contributed by atoms with Gasteiger partial charge in [0.15, 0.2) is 0 Å². The summed E-state index contributed by atoms with van der Waals surface area (Å²) < 4.78 is 0. The lowest BCUT2D eigenvalue weighted by molar-refractivity contribution is -0.115. The Morgan fingerprint density at radius 1 is 0.933 bits per heavy atom. The van der Waals surface area contributed by atoms with Crippen molar-refractivity contribution in [3.8, 4) is 0 Å². The Balaban J connectivity index is 1.36. The molecule has 0 heterocycles. The molecule has 0 bridgehead atoms. The lowest BCUT2D eigenvalue weighted by atomic mass is 9.90. The molecular formula is C25H25N3O2. The zero-order valence-corrected chi connectivity index (χ0v) is 17.1. The highest BCUT2D eigenvalue weighted by Gasteiger charge is 2.15. The molecule has 0 aliphatic heterocycles. The number of fused-ring (bicyclic) bond motifs is 2. The minimum Gasteiger partial charge on any atom is -0.325 e. The van der Waals surface area contributed by atoms with Crippen molar-refractivity contribution in [1.29, 1.82) is 0 Å². The van der Waals surface area contributed by atoms with E-state index in [9.17, 15) is 9.59 Å². The van der Waals surface area contributed by atoms with Crippen molar-refractivity contribution >= 4 is 34.0 Å². The molecule has 0 spiro atoms. The Kier molecular flexibility index (Phi) is 5.89. The van der Waals surface area contributed by atoms with Gasteiger partial charge >= 0.3 is 0 Å². The molecule has 3 aromatic rings. The van der Waals surface area contributed by atoms with E-state index in [1.165, 1.54) is 17.5 Å². The summed E-state index contributed by atoms with van der Waals surface area (Å²) in [5, 5.41) is 9.19. The van der Waals surface area contributed by atoms with Gasteiger partial charge in [-0.25, -0.2) is 5.43 Å². The predicted octanol–water partition coefficient (Wildman–Crippen LogP) is 4.85. The van der Waals surface area contributed by atoms with Gasteiger partial charge < -0.3 is 5.32 Å². The summed E-state index contributed by atoms with van der Waals surface area (Å²) in [6, 6.07) is 19.5. The first-order chi connectivity index (χ1) is 14.6. The average molecular weight is 399 g/mol. The fraction of sp³-hybridized carbons (Fsp3) is 0.240. The van der Waals surface area contributed by atoms with E-state index in [1.54, 1.807) is 13.0 Å². The van der Waals surface area contributed by atoms with Crippen LogP contribution in [-0.2, 0) is 17.6 Å². The first-order valence-electron chi connectivity index (χ1n) is 10.3. The summed E-state index contributed by atoms with van der Waals surface area (Å²) in [6.07, 6.45) is 4.55. The SMILES string of the molecule is C/C(CC(=O)Nc1cccc2c1CCCC2)=N/NC(=O)c1ccc2ccccc2c1. The van der Waals surface area contributed by atoms with E-state index >= 15 is 0 Å². The molecule has 0 saturated carbocycles. The highest BCUT2D eigenvalue weighted by atomic mass is 16.2. The third-order valence-electron chi connectivity index (χ3n) is 5.45. The van der Waals surface area contributed by atoms with Crippen molar-refractivity contribution in [3.05, 3.63) is 77.4 Å². The Hall–Kier alpha value is -3.47. The second-order valence-electron chi connectivity index (χ2n) is 7.73. The van der Waals surface area contributed by atoms with Gasteiger partial charge in [-0.2, -0.15) is 5.10 Å². The number of hydrazone groups is 1. The highest BCUT2D eigenvalue weighted by Crippen LogP contribution is 2.27. The molecule has 0 atom stereocenters. The van der Waals surface area contributed by atoms with E-state index in [1.807, 2.05) is 48.5 Å². The number of hydrogen-bond donors (Lipinski definition) is 2. The molecule has 152 valence electrons. The van der Waals surface area contributed by atoms with Crippen LogP contribution in [0.5, 0.6) is 0 Å². The molecule has 0 unspecified atom stereocenters. The summed E-state index contributed by atoms with van der Waals surface area (Å²) >= 11 is 0. The maximum Gasteiger partial charge on any atom is 0.271 e. The number of anilines is 1. The normalized spacial score (nSPS) is 13.6. The number of benzene rings is 3. The molecule has 3 aromatic carbocycles. The average Bonchev–Trinajstić information content (AvgIpc) is 2.77. The molecule has 5 heteroatoms. The van der Waals surface area contributed by atoms with Gasteiger partial charge in [0, 0.05) is 17.0 Å². The molecule has 1 aliphatic rings. The maximum atomic E-state index is 12.5. The van der Waals surface area contributed by atoms with Crippen LogP contribution >= 0.6 is 0 Å². The van der Waals surface area contributed by atoms with Crippen LogP contribution in [0, 0.1) is 0 Å². The minimum atomic E-state index is -0.294. The predicted molar refractivity (Wildman–Crippen MR) is 121 cm³/mol. The Labute approximate surface area is 176 Å². The number of nitrogens with one attached hydrogen (secondary N) is 2. The molecule has 2 N–H and O–H groups in total. The number of carbonyl (C=O) groups excluding carboxylic acids is 2. The van der Waals surface area contributed by atoms with Crippen LogP contribution in [0.2, 0.25) is 0 Å². The zero-order chi connectivity index (χ0) is 20.9. The highest BCUT2D eigenvalue weighted by molar-refractivity contribution is 6.06. The Morgan fingerprint density at radius 2 is 1.73 bits per heavy atom. The van der Waals surface area contributed by atoms with Gasteiger partial charge in [-0.05, 0) is 72.7 Å². The molecule has 0 saturated heterocycles. The number of amides is 2. The van der Waals surface area contributed by atoms with Crippen LogP contribution in [0.25, 0.3) is 10.8 Å². The lowest BCUT2D eigenvalue weighted by Crippen LogP contribution is -2.22. The number of aryl methyl sites for hydroxylation is 1. The van der Waals surface area contributed by atoms with Crippen molar-refractivity contribution < 1.29 is 9.59 Å². The summed E-state index contributed by atoms with van der Waals surface area (Å²) in [4.78, 5) is 24.9. The van der Waals surface area contributed by atoms with Gasteiger partial charge in [-0.3, -0.25) is 9.59 Å². The third kappa shape index (κ3) is 4.57. The van der Waals surface area contributed by atoms with Crippen LogP contribution in [0.15, 0.2) is 65.8 Å². The Morgan fingerprint density at radius 3 is 2.60 bits per heavy atom. The van der Waals surface area contributed by atoms with Crippen LogP contribution in [0.1, 0.15) is 47.7 Å². The standard InChI is InChI=1S/C25H25N3O2/c1-17(15-24(29)26-23-12-6-10-19-8-4-5-11-22(19)23)27-28-25(30)21-14-13-18-7-2-3-9-20(18)16-21/h2-3,6-7,9-10,12-14,16H,4-5,8,11,15H2,1H3,(H,26,29)(H,28,30)/b27-17-. The first-order valence-corrected chi connectivity index (χ1v) is 10.3. The molecule has 30 heavy (non-hydrogen) atoms. The monoisotopic (exact) mass is 399 g/mol. The van der Waals surface area contributed by atoms with Crippen molar-refractivity contribution in [2.45, 2.75) is 39.0 Å². The van der Waals surface area contributed by atoms with Crippen LogP contribution in [0.3, 0.4) is 0 Å². The van der Waals surface area contributed by atoms with Crippen LogP contribution in [-0.4, -0.2) is 17.5 Å². The fourth-order valence-corrected chi connectivity index (χ4v) is 3.91. The smallest absolute Gasteiger partial charge is 0.271 e. The fourth-order valence-electron chi connectivity index (χ4n) is 3.91. The molecule has 2 amide bonds. The van der Waals surface area contributed by atoms with E-state index < -0.39 is 0 Å². The number of hydrogen-bond acceptors (Lipinski definition) is 3. The largest absolute Gasteiger partial charge is 0.325 e. The molecule has 4 rings (SSSR count). The second kappa shape index (κ2) is 8.91. The van der Waals surface area contributed by atoms with E-state index in [2.05, 4.69) is 21.9 Å². The topological polar surface area (TPSA) is 70.6 Å². The molecule has 0 radical (unpaired) electrons. The van der Waals surface area contributed by atoms with Gasteiger partial charge in [-0.1, -0.05) is 42.5 Å². The number of nitrogens with zero attached hydrogens (tertiary/aromatic N) is 1. The quantitative estimate of drug-likeness (QED) is 0.475. The van der Waals surface area contributed by atoms with E-state index in [4.69, 9.17) is 0 Å². The van der Waals surface area contributed by atoms with Gasteiger partial charge in [0.25, 0.3) is 5.91 Å². The lowest BCUT2D eigenvalue weighted by Gasteiger charge is -2.19. The molecule has 0 aromatic heterocycles. The molecule has 0 fully saturated rings. The van der Waals surface area contributed by atoms with E-state index in [-0.39, 0.29) is 18.2 Å².